The van der Waals surface area contributed by atoms with Gasteiger partial charge in [0.2, 0.25) is 5.91 Å². The Balaban J connectivity index is 1.66. The van der Waals surface area contributed by atoms with Crippen molar-refractivity contribution in [3.63, 3.8) is 0 Å². The van der Waals surface area contributed by atoms with Gasteiger partial charge in [-0.25, -0.2) is 0 Å². The molecule has 0 bridgehead atoms. The van der Waals surface area contributed by atoms with Gasteiger partial charge in [0.25, 0.3) is 5.91 Å². The zero-order valence-corrected chi connectivity index (χ0v) is 13.0. The first-order valence-electron chi connectivity index (χ1n) is 6.83. The quantitative estimate of drug-likeness (QED) is 0.827. The van der Waals surface area contributed by atoms with Gasteiger partial charge in [-0.15, -0.1) is 0 Å². The molecule has 2 aliphatic heterocycles. The SMILES string of the molecule is O=C(CN1C(=O)COc2cc(Br)ccc21)NCC1CNC1. The number of halogens is 1. The van der Waals surface area contributed by atoms with Gasteiger partial charge in [-0.2, -0.15) is 0 Å². The van der Waals surface area contributed by atoms with Crippen molar-refractivity contribution >= 4 is 33.4 Å². The molecule has 112 valence electrons. The summed E-state index contributed by atoms with van der Waals surface area (Å²) in [5.74, 6) is 0.758. The van der Waals surface area contributed by atoms with Crippen LogP contribution >= 0.6 is 15.9 Å². The Labute approximate surface area is 131 Å². The molecule has 1 aromatic rings. The molecule has 1 saturated heterocycles. The van der Waals surface area contributed by atoms with Gasteiger partial charge in [-0.1, -0.05) is 15.9 Å². The van der Waals surface area contributed by atoms with Gasteiger partial charge >= 0.3 is 0 Å². The molecule has 0 saturated carbocycles. The second kappa shape index (κ2) is 6.03. The Hall–Kier alpha value is -1.60. The van der Waals surface area contributed by atoms with Crippen LogP contribution in [0.3, 0.4) is 0 Å². The predicted octanol–water partition coefficient (Wildman–Crippen LogP) is 0.510. The van der Waals surface area contributed by atoms with E-state index in [-0.39, 0.29) is 25.0 Å². The first kappa shape index (κ1) is 14.3. The van der Waals surface area contributed by atoms with Crippen molar-refractivity contribution in [3.8, 4) is 5.75 Å². The smallest absolute Gasteiger partial charge is 0.265 e. The highest BCUT2D eigenvalue weighted by atomic mass is 79.9. The van der Waals surface area contributed by atoms with Gasteiger partial charge < -0.3 is 15.4 Å². The maximum Gasteiger partial charge on any atom is 0.265 e. The third-order valence-corrected chi connectivity index (χ3v) is 4.11. The van der Waals surface area contributed by atoms with Crippen molar-refractivity contribution in [1.29, 1.82) is 0 Å². The van der Waals surface area contributed by atoms with Crippen molar-refractivity contribution in [2.45, 2.75) is 0 Å². The largest absolute Gasteiger partial charge is 0.482 e. The summed E-state index contributed by atoms with van der Waals surface area (Å²) >= 11 is 3.36. The second-order valence-corrected chi connectivity index (χ2v) is 6.12. The molecule has 2 heterocycles. The molecule has 1 aromatic carbocycles. The first-order chi connectivity index (χ1) is 10.1. The number of ether oxygens (including phenoxy) is 1. The van der Waals surface area contributed by atoms with Gasteiger partial charge in [0, 0.05) is 30.0 Å². The number of hydrogen-bond donors (Lipinski definition) is 2. The van der Waals surface area contributed by atoms with E-state index in [2.05, 4.69) is 26.6 Å². The number of rotatable bonds is 4. The zero-order chi connectivity index (χ0) is 14.8. The van der Waals surface area contributed by atoms with Crippen molar-refractivity contribution in [1.82, 2.24) is 10.6 Å². The van der Waals surface area contributed by atoms with Crippen molar-refractivity contribution < 1.29 is 14.3 Å². The van der Waals surface area contributed by atoms with Crippen LogP contribution in [0.5, 0.6) is 5.75 Å². The van der Waals surface area contributed by atoms with Crippen molar-refractivity contribution in [2.75, 3.05) is 37.7 Å². The summed E-state index contributed by atoms with van der Waals surface area (Å²) in [7, 11) is 0. The highest BCUT2D eigenvalue weighted by molar-refractivity contribution is 9.10. The van der Waals surface area contributed by atoms with Crippen molar-refractivity contribution in [3.05, 3.63) is 22.7 Å². The van der Waals surface area contributed by atoms with Gasteiger partial charge in [-0.3, -0.25) is 14.5 Å². The number of nitrogens with one attached hydrogen (secondary N) is 2. The summed E-state index contributed by atoms with van der Waals surface area (Å²) in [6.07, 6.45) is 0. The number of carbonyl (C=O) groups is 2. The lowest BCUT2D eigenvalue weighted by Crippen LogP contribution is -2.50. The number of amides is 2. The van der Waals surface area contributed by atoms with Gasteiger partial charge in [-0.05, 0) is 18.2 Å². The molecule has 1 fully saturated rings. The highest BCUT2D eigenvalue weighted by Gasteiger charge is 2.27. The predicted molar refractivity (Wildman–Crippen MR) is 81.4 cm³/mol. The van der Waals surface area contributed by atoms with Crippen LogP contribution in [-0.2, 0) is 9.59 Å². The molecule has 0 unspecified atom stereocenters. The summed E-state index contributed by atoms with van der Waals surface area (Å²) < 4.78 is 6.26. The molecule has 3 rings (SSSR count). The molecule has 0 aliphatic carbocycles. The fraction of sp³-hybridized carbons (Fsp3) is 0.429. The Morgan fingerprint density at radius 1 is 1.48 bits per heavy atom. The van der Waals surface area contributed by atoms with Crippen LogP contribution < -0.4 is 20.3 Å². The van der Waals surface area contributed by atoms with E-state index in [0.29, 0.717) is 23.9 Å². The molecule has 2 N–H and O–H groups in total. The third-order valence-electron chi connectivity index (χ3n) is 3.62. The lowest BCUT2D eigenvalue weighted by Gasteiger charge is -2.30. The van der Waals surface area contributed by atoms with Crippen LogP contribution in [0, 0.1) is 5.92 Å². The number of benzene rings is 1. The molecule has 0 aromatic heterocycles. The lowest BCUT2D eigenvalue weighted by atomic mass is 10.0. The minimum absolute atomic E-state index is 0.0248. The van der Waals surface area contributed by atoms with Crippen LogP contribution in [0.2, 0.25) is 0 Å². The lowest BCUT2D eigenvalue weighted by molar-refractivity contribution is -0.125. The zero-order valence-electron chi connectivity index (χ0n) is 11.4. The van der Waals surface area contributed by atoms with Crippen LogP contribution in [-0.4, -0.2) is 44.6 Å². The van der Waals surface area contributed by atoms with Crippen LogP contribution in [0.1, 0.15) is 0 Å². The molecule has 0 radical (unpaired) electrons. The van der Waals surface area contributed by atoms with E-state index in [0.717, 1.165) is 17.6 Å². The molecule has 6 nitrogen and oxygen atoms in total. The molecule has 0 spiro atoms. The molecule has 21 heavy (non-hydrogen) atoms. The minimum Gasteiger partial charge on any atom is -0.482 e. The summed E-state index contributed by atoms with van der Waals surface area (Å²) in [5.41, 5.74) is 0.634. The normalized spacial score (nSPS) is 17.8. The Morgan fingerprint density at radius 2 is 2.29 bits per heavy atom. The molecular formula is C14H16BrN3O3. The topological polar surface area (TPSA) is 70.7 Å². The molecule has 2 amide bonds. The van der Waals surface area contributed by atoms with Crippen LogP contribution in [0.4, 0.5) is 5.69 Å². The number of anilines is 1. The fourth-order valence-electron chi connectivity index (χ4n) is 2.30. The van der Waals surface area contributed by atoms with E-state index in [1.807, 2.05) is 6.07 Å². The molecule has 7 heteroatoms. The second-order valence-electron chi connectivity index (χ2n) is 5.21. The average molecular weight is 354 g/mol. The van der Waals surface area contributed by atoms with Gasteiger partial charge in [0.1, 0.15) is 12.3 Å². The first-order valence-corrected chi connectivity index (χ1v) is 7.63. The summed E-state index contributed by atoms with van der Waals surface area (Å²) in [4.78, 5) is 25.5. The number of nitrogens with zero attached hydrogens (tertiary/aromatic N) is 1. The maximum atomic E-state index is 12.0. The fourth-order valence-corrected chi connectivity index (χ4v) is 2.64. The Kier molecular flexibility index (Phi) is 4.12. The van der Waals surface area contributed by atoms with E-state index < -0.39 is 0 Å². The number of hydrogen-bond acceptors (Lipinski definition) is 4. The van der Waals surface area contributed by atoms with E-state index in [4.69, 9.17) is 4.74 Å². The van der Waals surface area contributed by atoms with E-state index >= 15 is 0 Å². The van der Waals surface area contributed by atoms with E-state index in [1.165, 1.54) is 4.90 Å². The molecule has 0 atom stereocenters. The summed E-state index contributed by atoms with van der Waals surface area (Å²) in [6.45, 7) is 2.51. The molecule has 2 aliphatic rings. The number of carbonyl (C=O) groups excluding carboxylic acids is 2. The van der Waals surface area contributed by atoms with Gasteiger partial charge in [0.15, 0.2) is 6.61 Å². The average Bonchev–Trinajstić information content (AvgIpc) is 2.40. The van der Waals surface area contributed by atoms with E-state index in [1.54, 1.807) is 12.1 Å². The van der Waals surface area contributed by atoms with Crippen LogP contribution in [0.25, 0.3) is 0 Å². The molecular weight excluding hydrogens is 338 g/mol. The van der Waals surface area contributed by atoms with Crippen molar-refractivity contribution in [2.24, 2.45) is 5.92 Å². The monoisotopic (exact) mass is 353 g/mol. The maximum absolute atomic E-state index is 12.0. The van der Waals surface area contributed by atoms with Crippen LogP contribution in [0.15, 0.2) is 22.7 Å². The highest BCUT2D eigenvalue weighted by Crippen LogP contribution is 2.34. The van der Waals surface area contributed by atoms with Gasteiger partial charge in [0.05, 0.1) is 5.69 Å². The number of fused-ring (bicyclic) bond motifs is 1. The Morgan fingerprint density at radius 3 is 3.00 bits per heavy atom. The standard InChI is InChI=1S/C14H16BrN3O3/c15-10-1-2-11-12(3-10)21-8-14(20)18(11)7-13(19)17-6-9-4-16-5-9/h1-3,9,16H,4-8H2,(H,17,19). The Bertz CT molecular complexity index is 575. The van der Waals surface area contributed by atoms with E-state index in [9.17, 15) is 9.59 Å². The minimum atomic E-state index is -0.203. The summed E-state index contributed by atoms with van der Waals surface area (Å²) in [5, 5.41) is 6.03. The summed E-state index contributed by atoms with van der Waals surface area (Å²) in [6, 6.07) is 5.40. The third kappa shape index (κ3) is 3.19.